The molecule has 2 heterocycles. The molecule has 1 aliphatic heterocycles. The SMILES string of the molecule is Cc1c(Cl)nnc(N2CCOc3ccccc3C2)c1C. The number of fused-ring (bicyclic) bond motifs is 1. The van der Waals surface area contributed by atoms with Gasteiger partial charge < -0.3 is 9.64 Å². The molecule has 2 aromatic rings. The quantitative estimate of drug-likeness (QED) is 0.808. The second-order valence-corrected chi connectivity index (χ2v) is 5.30. The van der Waals surface area contributed by atoms with Crippen molar-refractivity contribution in [3.8, 4) is 5.75 Å². The molecule has 1 aromatic heterocycles. The van der Waals surface area contributed by atoms with Crippen LogP contribution in [0.5, 0.6) is 5.75 Å². The van der Waals surface area contributed by atoms with Crippen LogP contribution in [0.4, 0.5) is 5.82 Å². The molecule has 0 aliphatic carbocycles. The summed E-state index contributed by atoms with van der Waals surface area (Å²) in [7, 11) is 0. The third-order valence-corrected chi connectivity index (χ3v) is 4.05. The van der Waals surface area contributed by atoms with E-state index in [9.17, 15) is 0 Å². The second kappa shape index (κ2) is 5.29. The Hall–Kier alpha value is -1.81. The van der Waals surface area contributed by atoms with Crippen molar-refractivity contribution in [2.45, 2.75) is 20.4 Å². The van der Waals surface area contributed by atoms with Crippen molar-refractivity contribution >= 4 is 17.4 Å². The fourth-order valence-corrected chi connectivity index (χ4v) is 2.55. The fourth-order valence-electron chi connectivity index (χ4n) is 2.37. The second-order valence-electron chi connectivity index (χ2n) is 4.94. The van der Waals surface area contributed by atoms with Gasteiger partial charge in [0.15, 0.2) is 11.0 Å². The highest BCUT2D eigenvalue weighted by Crippen LogP contribution is 2.28. The lowest BCUT2D eigenvalue weighted by Gasteiger charge is -2.23. The molecule has 0 fully saturated rings. The first-order chi connectivity index (χ1) is 9.66. The molecule has 4 nitrogen and oxygen atoms in total. The molecule has 0 amide bonds. The standard InChI is InChI=1S/C15H16ClN3O/c1-10-11(2)15(18-17-14(10)16)19-7-8-20-13-6-4-3-5-12(13)9-19/h3-6H,7-9H2,1-2H3. The first kappa shape index (κ1) is 13.2. The van der Waals surface area contributed by atoms with E-state index in [-0.39, 0.29) is 0 Å². The third kappa shape index (κ3) is 2.31. The summed E-state index contributed by atoms with van der Waals surface area (Å²) in [6, 6.07) is 8.10. The van der Waals surface area contributed by atoms with E-state index in [0.717, 1.165) is 35.8 Å². The monoisotopic (exact) mass is 289 g/mol. The van der Waals surface area contributed by atoms with E-state index < -0.39 is 0 Å². The van der Waals surface area contributed by atoms with Gasteiger partial charge in [-0.15, -0.1) is 10.2 Å². The molecule has 0 unspecified atom stereocenters. The molecule has 0 atom stereocenters. The van der Waals surface area contributed by atoms with Gasteiger partial charge in [0.25, 0.3) is 0 Å². The molecule has 0 saturated carbocycles. The van der Waals surface area contributed by atoms with Crippen molar-refractivity contribution in [3.05, 3.63) is 46.1 Å². The number of para-hydroxylation sites is 1. The van der Waals surface area contributed by atoms with Gasteiger partial charge in [0.05, 0.1) is 6.54 Å². The molecular weight excluding hydrogens is 274 g/mol. The zero-order valence-electron chi connectivity index (χ0n) is 11.6. The van der Waals surface area contributed by atoms with Crippen LogP contribution in [0.2, 0.25) is 5.15 Å². The van der Waals surface area contributed by atoms with Gasteiger partial charge in [0, 0.05) is 12.1 Å². The number of hydrogen-bond donors (Lipinski definition) is 0. The molecule has 1 aliphatic rings. The van der Waals surface area contributed by atoms with Gasteiger partial charge in [0.2, 0.25) is 0 Å². The van der Waals surface area contributed by atoms with Gasteiger partial charge in [-0.3, -0.25) is 0 Å². The highest BCUT2D eigenvalue weighted by atomic mass is 35.5. The number of benzene rings is 1. The molecule has 3 rings (SSSR count). The maximum Gasteiger partial charge on any atom is 0.155 e. The Bertz CT molecular complexity index is 645. The molecule has 1 aromatic carbocycles. The smallest absolute Gasteiger partial charge is 0.155 e. The number of halogens is 1. The highest BCUT2D eigenvalue weighted by molar-refractivity contribution is 6.30. The van der Waals surface area contributed by atoms with E-state index >= 15 is 0 Å². The van der Waals surface area contributed by atoms with Crippen LogP contribution < -0.4 is 9.64 Å². The normalized spacial score (nSPS) is 14.4. The van der Waals surface area contributed by atoms with Crippen LogP contribution in [0.15, 0.2) is 24.3 Å². The van der Waals surface area contributed by atoms with Gasteiger partial charge >= 0.3 is 0 Å². The number of anilines is 1. The van der Waals surface area contributed by atoms with Gasteiger partial charge in [-0.25, -0.2) is 0 Å². The van der Waals surface area contributed by atoms with E-state index in [4.69, 9.17) is 16.3 Å². The van der Waals surface area contributed by atoms with Crippen molar-refractivity contribution in [1.29, 1.82) is 0 Å². The molecule has 0 N–H and O–H groups in total. The Kier molecular flexibility index (Phi) is 3.49. The van der Waals surface area contributed by atoms with Crippen LogP contribution >= 0.6 is 11.6 Å². The lowest BCUT2D eigenvalue weighted by Crippen LogP contribution is -2.27. The maximum absolute atomic E-state index is 6.02. The Morgan fingerprint density at radius 1 is 1.15 bits per heavy atom. The van der Waals surface area contributed by atoms with Gasteiger partial charge in [-0.2, -0.15) is 0 Å². The van der Waals surface area contributed by atoms with Crippen LogP contribution in [0.1, 0.15) is 16.7 Å². The van der Waals surface area contributed by atoms with E-state index in [1.54, 1.807) is 0 Å². The number of ether oxygens (including phenoxy) is 1. The van der Waals surface area contributed by atoms with Crippen LogP contribution in [0, 0.1) is 13.8 Å². The summed E-state index contributed by atoms with van der Waals surface area (Å²) >= 11 is 6.02. The number of hydrogen-bond acceptors (Lipinski definition) is 4. The largest absolute Gasteiger partial charge is 0.491 e. The molecule has 0 spiro atoms. The summed E-state index contributed by atoms with van der Waals surface area (Å²) in [5.41, 5.74) is 3.22. The van der Waals surface area contributed by atoms with Gasteiger partial charge in [0.1, 0.15) is 12.4 Å². The lowest BCUT2D eigenvalue weighted by molar-refractivity contribution is 0.331. The molecule has 5 heteroatoms. The van der Waals surface area contributed by atoms with E-state index in [1.165, 1.54) is 5.56 Å². The Morgan fingerprint density at radius 2 is 1.95 bits per heavy atom. The minimum Gasteiger partial charge on any atom is -0.491 e. The van der Waals surface area contributed by atoms with Gasteiger partial charge in [-0.1, -0.05) is 29.8 Å². The predicted molar refractivity (Wildman–Crippen MR) is 79.5 cm³/mol. The van der Waals surface area contributed by atoms with Crippen molar-refractivity contribution in [1.82, 2.24) is 10.2 Å². The summed E-state index contributed by atoms with van der Waals surface area (Å²) in [5.74, 6) is 1.83. The van der Waals surface area contributed by atoms with Gasteiger partial charge in [-0.05, 0) is 31.0 Å². The van der Waals surface area contributed by atoms with Crippen LogP contribution in [0.25, 0.3) is 0 Å². The van der Waals surface area contributed by atoms with Crippen molar-refractivity contribution in [3.63, 3.8) is 0 Å². The summed E-state index contributed by atoms with van der Waals surface area (Å²) < 4.78 is 5.78. The average molecular weight is 290 g/mol. The molecule has 20 heavy (non-hydrogen) atoms. The highest BCUT2D eigenvalue weighted by Gasteiger charge is 2.19. The van der Waals surface area contributed by atoms with Crippen molar-refractivity contribution in [2.24, 2.45) is 0 Å². The summed E-state index contributed by atoms with van der Waals surface area (Å²) in [4.78, 5) is 2.19. The fraction of sp³-hybridized carbons (Fsp3) is 0.333. The summed E-state index contributed by atoms with van der Waals surface area (Å²) in [5, 5.41) is 8.77. The first-order valence-electron chi connectivity index (χ1n) is 6.62. The van der Waals surface area contributed by atoms with Crippen LogP contribution in [0.3, 0.4) is 0 Å². The zero-order chi connectivity index (χ0) is 14.1. The minimum absolute atomic E-state index is 0.470. The van der Waals surface area contributed by atoms with Crippen molar-refractivity contribution < 1.29 is 4.74 Å². The lowest BCUT2D eigenvalue weighted by atomic mass is 10.1. The van der Waals surface area contributed by atoms with E-state index in [0.29, 0.717) is 11.8 Å². The average Bonchev–Trinajstić information content (AvgIpc) is 2.67. The number of nitrogens with zero attached hydrogens (tertiary/aromatic N) is 3. The molecular formula is C15H16ClN3O. The molecule has 0 radical (unpaired) electrons. The van der Waals surface area contributed by atoms with Crippen LogP contribution in [-0.2, 0) is 6.54 Å². The molecule has 0 bridgehead atoms. The summed E-state index contributed by atoms with van der Waals surface area (Å²) in [6.45, 7) is 6.19. The van der Waals surface area contributed by atoms with Crippen molar-refractivity contribution in [2.75, 3.05) is 18.1 Å². The number of rotatable bonds is 1. The topological polar surface area (TPSA) is 38.2 Å². The molecule has 0 saturated heterocycles. The Labute approximate surface area is 123 Å². The Morgan fingerprint density at radius 3 is 2.80 bits per heavy atom. The van der Waals surface area contributed by atoms with E-state index in [1.807, 2.05) is 32.0 Å². The minimum atomic E-state index is 0.470. The summed E-state index contributed by atoms with van der Waals surface area (Å²) in [6.07, 6.45) is 0. The maximum atomic E-state index is 6.02. The third-order valence-electron chi connectivity index (χ3n) is 3.69. The molecule has 104 valence electrons. The van der Waals surface area contributed by atoms with Crippen LogP contribution in [-0.4, -0.2) is 23.3 Å². The van der Waals surface area contributed by atoms with E-state index in [2.05, 4.69) is 21.2 Å². The Balaban J connectivity index is 1.98. The first-order valence-corrected chi connectivity index (χ1v) is 6.99. The number of aromatic nitrogens is 2. The zero-order valence-corrected chi connectivity index (χ0v) is 12.3. The predicted octanol–water partition coefficient (Wildman–Crippen LogP) is 3.15.